The van der Waals surface area contributed by atoms with Crippen molar-refractivity contribution in [2.24, 2.45) is 0 Å². The molecule has 7 nitrogen and oxygen atoms in total. The molecule has 27 heavy (non-hydrogen) atoms. The zero-order valence-electron chi connectivity index (χ0n) is 15.1. The lowest BCUT2D eigenvalue weighted by Crippen LogP contribution is -2.50. The molecule has 1 saturated heterocycles. The molecule has 2 aromatic heterocycles. The van der Waals surface area contributed by atoms with Gasteiger partial charge in [0.15, 0.2) is 0 Å². The van der Waals surface area contributed by atoms with Gasteiger partial charge in [0.2, 0.25) is 5.91 Å². The minimum atomic E-state index is 0. The molecule has 0 unspecified atom stereocenters. The van der Waals surface area contributed by atoms with Crippen LogP contribution in [0.3, 0.4) is 0 Å². The zero-order chi connectivity index (χ0) is 17.9. The first-order chi connectivity index (χ1) is 12.7. The van der Waals surface area contributed by atoms with Crippen molar-refractivity contribution in [2.75, 3.05) is 32.7 Å². The Balaban J connectivity index is 0.00000210. The maximum atomic E-state index is 12.5. The summed E-state index contributed by atoms with van der Waals surface area (Å²) in [7, 11) is 0. The van der Waals surface area contributed by atoms with Crippen molar-refractivity contribution in [3.8, 4) is 0 Å². The number of rotatable bonds is 4. The summed E-state index contributed by atoms with van der Waals surface area (Å²) in [6.45, 7) is 5.12. The molecule has 4 heterocycles. The Hall–Kier alpha value is -1.90. The van der Waals surface area contributed by atoms with E-state index in [-0.39, 0.29) is 24.2 Å². The van der Waals surface area contributed by atoms with Crippen molar-refractivity contribution < 1.29 is 9.59 Å². The molecule has 146 valence electrons. The lowest BCUT2D eigenvalue weighted by atomic mass is 10.2. The number of carbonyl (C=O) groups excluding carboxylic acids is 2. The van der Waals surface area contributed by atoms with Crippen LogP contribution in [0, 0.1) is 0 Å². The standard InChI is InChI=1S/C18H23N5O2S.ClH/c24-17(4-3-14-12-15-13-19-5-6-23(15)20-14)21-7-9-22(10-8-21)18(25)16-2-1-11-26-16;/h1-2,11-12,19H,3-10,13H2;1H. The molecule has 4 rings (SSSR count). The van der Waals surface area contributed by atoms with Gasteiger partial charge in [0.1, 0.15) is 0 Å². The Kier molecular flexibility index (Phi) is 6.51. The summed E-state index contributed by atoms with van der Waals surface area (Å²) >= 11 is 1.46. The highest BCUT2D eigenvalue weighted by molar-refractivity contribution is 7.12. The van der Waals surface area contributed by atoms with Crippen molar-refractivity contribution in [3.63, 3.8) is 0 Å². The second-order valence-corrected chi connectivity index (χ2v) is 7.62. The molecule has 2 aromatic rings. The molecule has 0 saturated carbocycles. The monoisotopic (exact) mass is 409 g/mol. The fourth-order valence-corrected chi connectivity index (χ4v) is 4.17. The lowest BCUT2D eigenvalue weighted by Gasteiger charge is -2.34. The first kappa shape index (κ1) is 19.9. The van der Waals surface area contributed by atoms with E-state index in [0.717, 1.165) is 30.2 Å². The minimum Gasteiger partial charge on any atom is -0.339 e. The third-order valence-corrected chi connectivity index (χ3v) is 5.82. The molecule has 2 amide bonds. The lowest BCUT2D eigenvalue weighted by molar-refractivity contribution is -0.132. The number of fused-ring (bicyclic) bond motifs is 1. The SMILES string of the molecule is Cl.O=C(CCc1cc2n(n1)CCNC2)N1CCN(C(=O)c2cccs2)CC1. The van der Waals surface area contributed by atoms with Gasteiger partial charge in [-0.1, -0.05) is 6.07 Å². The number of nitrogens with zero attached hydrogens (tertiary/aromatic N) is 4. The molecule has 0 atom stereocenters. The number of hydrogen-bond acceptors (Lipinski definition) is 5. The van der Waals surface area contributed by atoms with Gasteiger partial charge < -0.3 is 15.1 Å². The molecule has 0 aromatic carbocycles. The predicted octanol–water partition coefficient (Wildman–Crippen LogP) is 1.39. The van der Waals surface area contributed by atoms with Gasteiger partial charge >= 0.3 is 0 Å². The fourth-order valence-electron chi connectivity index (χ4n) is 3.48. The van der Waals surface area contributed by atoms with Crippen LogP contribution in [0.2, 0.25) is 0 Å². The minimum absolute atomic E-state index is 0. The van der Waals surface area contributed by atoms with Crippen molar-refractivity contribution in [1.82, 2.24) is 24.9 Å². The van der Waals surface area contributed by atoms with E-state index in [1.54, 1.807) is 0 Å². The first-order valence-corrected chi connectivity index (χ1v) is 9.95. The number of nitrogens with one attached hydrogen (secondary N) is 1. The third-order valence-electron chi connectivity index (χ3n) is 4.97. The average Bonchev–Trinajstić information content (AvgIpc) is 3.35. The van der Waals surface area contributed by atoms with Gasteiger partial charge in [-0.3, -0.25) is 14.3 Å². The van der Waals surface area contributed by atoms with E-state index in [1.807, 2.05) is 32.0 Å². The van der Waals surface area contributed by atoms with Gasteiger partial charge in [-0.15, -0.1) is 23.7 Å². The topological polar surface area (TPSA) is 70.5 Å². The molecule has 0 bridgehead atoms. The quantitative estimate of drug-likeness (QED) is 0.828. The van der Waals surface area contributed by atoms with Crippen LogP contribution in [0.1, 0.15) is 27.5 Å². The maximum Gasteiger partial charge on any atom is 0.264 e. The van der Waals surface area contributed by atoms with Crippen LogP contribution in [-0.4, -0.2) is 64.1 Å². The van der Waals surface area contributed by atoms with Crippen molar-refractivity contribution in [2.45, 2.75) is 25.9 Å². The van der Waals surface area contributed by atoms with E-state index in [2.05, 4.69) is 16.5 Å². The van der Waals surface area contributed by atoms with Crippen LogP contribution in [0.25, 0.3) is 0 Å². The molecular formula is C18H24ClN5O2S. The number of amides is 2. The number of hydrogen-bond donors (Lipinski definition) is 1. The second-order valence-electron chi connectivity index (χ2n) is 6.68. The second kappa shape index (κ2) is 8.86. The van der Waals surface area contributed by atoms with Gasteiger partial charge in [0.05, 0.1) is 22.8 Å². The summed E-state index contributed by atoms with van der Waals surface area (Å²) in [6.07, 6.45) is 1.15. The molecule has 0 aliphatic carbocycles. The van der Waals surface area contributed by atoms with E-state index in [9.17, 15) is 9.59 Å². The molecule has 0 radical (unpaired) electrons. The Morgan fingerprint density at radius 1 is 1.15 bits per heavy atom. The number of carbonyl (C=O) groups is 2. The smallest absolute Gasteiger partial charge is 0.264 e. The van der Waals surface area contributed by atoms with Gasteiger partial charge in [0.25, 0.3) is 5.91 Å². The number of halogens is 1. The maximum absolute atomic E-state index is 12.5. The number of thiophene rings is 1. The highest BCUT2D eigenvalue weighted by Crippen LogP contribution is 2.15. The Bertz CT molecular complexity index is 760. The van der Waals surface area contributed by atoms with E-state index in [1.165, 1.54) is 17.0 Å². The van der Waals surface area contributed by atoms with E-state index in [4.69, 9.17) is 0 Å². The summed E-state index contributed by atoms with van der Waals surface area (Å²) in [5, 5.41) is 9.83. The zero-order valence-corrected chi connectivity index (χ0v) is 16.7. The largest absolute Gasteiger partial charge is 0.339 e. The van der Waals surface area contributed by atoms with Gasteiger partial charge in [-0.05, 0) is 17.5 Å². The van der Waals surface area contributed by atoms with Gasteiger partial charge in [-0.2, -0.15) is 5.10 Å². The van der Waals surface area contributed by atoms with Crippen LogP contribution in [0.5, 0.6) is 0 Å². The van der Waals surface area contributed by atoms with Crippen molar-refractivity contribution in [3.05, 3.63) is 39.8 Å². The highest BCUT2D eigenvalue weighted by atomic mass is 35.5. The molecule has 1 N–H and O–H groups in total. The molecule has 0 spiro atoms. The van der Waals surface area contributed by atoms with Crippen LogP contribution in [-0.2, 0) is 24.3 Å². The van der Waals surface area contributed by atoms with Gasteiger partial charge in [0, 0.05) is 52.1 Å². The van der Waals surface area contributed by atoms with Crippen molar-refractivity contribution in [1.29, 1.82) is 0 Å². The Morgan fingerprint density at radius 3 is 2.63 bits per heavy atom. The summed E-state index contributed by atoms with van der Waals surface area (Å²) in [5.74, 6) is 0.224. The van der Waals surface area contributed by atoms with E-state index >= 15 is 0 Å². The van der Waals surface area contributed by atoms with E-state index < -0.39 is 0 Å². The number of piperazine rings is 1. The van der Waals surface area contributed by atoms with E-state index in [0.29, 0.717) is 39.0 Å². The van der Waals surface area contributed by atoms with Crippen LogP contribution in [0.15, 0.2) is 23.6 Å². The van der Waals surface area contributed by atoms with Gasteiger partial charge in [-0.25, -0.2) is 0 Å². The summed E-state index contributed by atoms with van der Waals surface area (Å²) < 4.78 is 2.03. The average molecular weight is 410 g/mol. The first-order valence-electron chi connectivity index (χ1n) is 9.07. The fraction of sp³-hybridized carbons (Fsp3) is 0.500. The molecule has 1 fully saturated rings. The number of aromatic nitrogens is 2. The van der Waals surface area contributed by atoms with Crippen LogP contribution in [0.4, 0.5) is 0 Å². The summed E-state index contributed by atoms with van der Waals surface area (Å²) in [6, 6.07) is 5.84. The normalized spacial score (nSPS) is 16.6. The molecule has 9 heteroatoms. The summed E-state index contributed by atoms with van der Waals surface area (Å²) in [4.78, 5) is 29.3. The van der Waals surface area contributed by atoms with Crippen LogP contribution >= 0.6 is 23.7 Å². The summed E-state index contributed by atoms with van der Waals surface area (Å²) in [5.41, 5.74) is 2.18. The van der Waals surface area contributed by atoms with Crippen LogP contribution < -0.4 is 5.32 Å². The molecule has 2 aliphatic heterocycles. The molecule has 2 aliphatic rings. The number of aryl methyl sites for hydroxylation is 1. The highest BCUT2D eigenvalue weighted by Gasteiger charge is 2.25. The predicted molar refractivity (Wildman–Crippen MR) is 106 cm³/mol. The Labute approximate surface area is 168 Å². The Morgan fingerprint density at radius 2 is 1.93 bits per heavy atom. The third kappa shape index (κ3) is 4.51. The molecular weight excluding hydrogens is 386 g/mol. The van der Waals surface area contributed by atoms with Crippen molar-refractivity contribution >= 4 is 35.6 Å².